The number of amides is 9. The Labute approximate surface area is 336 Å². The molecule has 0 fully saturated rings. The van der Waals surface area contributed by atoms with Crippen LogP contribution in [0, 0.1) is 5.92 Å². The summed E-state index contributed by atoms with van der Waals surface area (Å²) in [5, 5.41) is 25.6. The van der Waals surface area contributed by atoms with Crippen LogP contribution in [0.2, 0.25) is 0 Å². The second kappa shape index (κ2) is 27.1. The first-order chi connectivity index (χ1) is 27.7. The van der Waals surface area contributed by atoms with Crippen molar-refractivity contribution in [3.8, 4) is 5.75 Å². The van der Waals surface area contributed by atoms with Gasteiger partial charge < -0.3 is 61.7 Å². The lowest BCUT2D eigenvalue weighted by molar-refractivity contribution is -0.137. The maximum atomic E-state index is 13.6. The summed E-state index contributed by atoms with van der Waals surface area (Å²) in [6.45, 7) is 3.94. The zero-order valence-electron chi connectivity index (χ0n) is 33.1. The zero-order valence-corrected chi connectivity index (χ0v) is 33.1. The molecule has 0 bridgehead atoms. The van der Waals surface area contributed by atoms with E-state index >= 15 is 0 Å². The number of urea groups is 1. The number of aliphatic hydroxyl groups excluding tert-OH is 1. The van der Waals surface area contributed by atoms with Crippen molar-refractivity contribution in [1.29, 1.82) is 0 Å². The van der Waals surface area contributed by atoms with Crippen molar-refractivity contribution < 1.29 is 62.4 Å². The van der Waals surface area contributed by atoms with Gasteiger partial charge in [-0.25, -0.2) is 4.79 Å². The van der Waals surface area contributed by atoms with Crippen LogP contribution < -0.4 is 42.4 Å². The number of aliphatic hydroxyl groups is 1. The molecule has 0 radical (unpaired) electrons. The smallest absolute Gasteiger partial charge is 0.312 e. The Morgan fingerprint density at radius 2 is 1.45 bits per heavy atom. The molecule has 9 N–H and O–H groups in total. The topological polar surface area (TPSA) is 295 Å². The fraction of sp³-hybridized carbons (Fsp3) is 0.568. The second-order valence-electron chi connectivity index (χ2n) is 13.2. The summed E-state index contributed by atoms with van der Waals surface area (Å²) in [5.74, 6) is -3.89. The molecule has 322 valence electrons. The van der Waals surface area contributed by atoms with E-state index in [0.29, 0.717) is 25.2 Å². The number of ether oxygens (including phenoxy) is 4. The largest absolute Gasteiger partial charge is 0.483 e. The molecule has 0 unspecified atom stereocenters. The fourth-order valence-electron chi connectivity index (χ4n) is 5.14. The van der Waals surface area contributed by atoms with E-state index in [1.54, 1.807) is 21.0 Å². The highest BCUT2D eigenvalue weighted by Gasteiger charge is 2.29. The maximum Gasteiger partial charge on any atom is 0.312 e. The molecule has 0 aromatic heterocycles. The van der Waals surface area contributed by atoms with Crippen LogP contribution >= 0.6 is 0 Å². The summed E-state index contributed by atoms with van der Waals surface area (Å²) in [5.41, 5.74) is 5.69. The summed E-state index contributed by atoms with van der Waals surface area (Å²) < 4.78 is 21.1. The molecular weight excluding hydrogens is 764 g/mol. The minimum atomic E-state index is -1.13. The molecule has 2 atom stereocenters. The van der Waals surface area contributed by atoms with Gasteiger partial charge in [-0.05, 0) is 31.2 Å². The highest BCUT2D eigenvalue weighted by molar-refractivity contribution is 6.13. The molecule has 1 aromatic rings. The van der Waals surface area contributed by atoms with Gasteiger partial charge in [-0.3, -0.25) is 38.5 Å². The van der Waals surface area contributed by atoms with E-state index in [0.717, 1.165) is 17.1 Å². The van der Waals surface area contributed by atoms with Gasteiger partial charge in [0.1, 0.15) is 24.4 Å². The monoisotopic (exact) mass is 820 g/mol. The first-order valence-electron chi connectivity index (χ1n) is 18.8. The Hall–Kier alpha value is -5.64. The normalized spacial score (nSPS) is 13.2. The van der Waals surface area contributed by atoms with Crippen molar-refractivity contribution in [2.45, 2.75) is 58.2 Å². The van der Waals surface area contributed by atoms with Crippen LogP contribution in [0.4, 0.5) is 10.5 Å². The van der Waals surface area contributed by atoms with E-state index in [4.69, 9.17) is 24.7 Å². The van der Waals surface area contributed by atoms with Crippen LogP contribution in [-0.4, -0.2) is 142 Å². The van der Waals surface area contributed by atoms with Gasteiger partial charge in [0.25, 0.3) is 17.7 Å². The van der Waals surface area contributed by atoms with E-state index < -0.39 is 66.8 Å². The minimum absolute atomic E-state index is 0.0386. The number of anilines is 1. The summed E-state index contributed by atoms with van der Waals surface area (Å²) in [4.78, 5) is 99.4. The van der Waals surface area contributed by atoms with E-state index in [-0.39, 0.29) is 88.5 Å². The molecular formula is C37H56N8O13. The number of carbonyl (C=O) groups is 8. The molecule has 1 aromatic carbocycles. The Morgan fingerprint density at radius 3 is 2.10 bits per heavy atom. The van der Waals surface area contributed by atoms with Crippen molar-refractivity contribution in [2.24, 2.45) is 11.7 Å². The lowest BCUT2D eigenvalue weighted by atomic mass is 10.0. The van der Waals surface area contributed by atoms with Crippen molar-refractivity contribution in [2.75, 3.05) is 78.2 Å². The Bertz CT molecular complexity index is 1570. The van der Waals surface area contributed by atoms with Gasteiger partial charge in [0.2, 0.25) is 23.6 Å². The summed E-state index contributed by atoms with van der Waals surface area (Å²) in [6, 6.07) is 1.47. The number of carbonyl (C=O) groups excluding carboxylic acids is 8. The number of primary amides is 1. The predicted molar refractivity (Wildman–Crippen MR) is 207 cm³/mol. The van der Waals surface area contributed by atoms with Crippen molar-refractivity contribution >= 4 is 53.1 Å². The van der Waals surface area contributed by atoms with Gasteiger partial charge in [-0.2, -0.15) is 0 Å². The van der Waals surface area contributed by atoms with Gasteiger partial charge in [0.05, 0.1) is 33.0 Å². The highest BCUT2D eigenvalue weighted by Crippen LogP contribution is 2.24. The quantitative estimate of drug-likeness (QED) is 0.0327. The first-order valence-corrected chi connectivity index (χ1v) is 18.8. The number of nitrogens with one attached hydrogen (secondary N) is 6. The van der Waals surface area contributed by atoms with E-state index in [2.05, 4.69) is 31.9 Å². The number of nitrogens with zero attached hydrogens (tertiary/aromatic N) is 1. The molecule has 2 rings (SSSR count). The van der Waals surface area contributed by atoms with Crippen molar-refractivity contribution in [1.82, 2.24) is 31.5 Å². The van der Waals surface area contributed by atoms with Crippen LogP contribution in [0.25, 0.3) is 0 Å². The van der Waals surface area contributed by atoms with Gasteiger partial charge in [0.15, 0.2) is 6.61 Å². The molecule has 1 aliphatic rings. The lowest BCUT2D eigenvalue weighted by Gasteiger charge is -2.25. The van der Waals surface area contributed by atoms with Gasteiger partial charge >= 0.3 is 6.03 Å². The third-order valence-corrected chi connectivity index (χ3v) is 8.23. The highest BCUT2D eigenvalue weighted by atomic mass is 16.5. The average molecular weight is 821 g/mol. The first kappa shape index (κ1) is 48.5. The maximum absolute atomic E-state index is 13.6. The SMILES string of the molecule is COCCOCCOCC(=O)N[C@H](C(=O)N[C@@H](CCCNC(N)=O)C(=O)Nc1ccc(CO)c(OCC(=O)NCCCNC(=O)CCN2C(=O)C=CC2=O)c1)C(C)C. The lowest BCUT2D eigenvalue weighted by Crippen LogP contribution is -2.55. The molecule has 21 heteroatoms. The van der Waals surface area contributed by atoms with Gasteiger partial charge in [-0.15, -0.1) is 0 Å². The Balaban J connectivity index is 1.93. The van der Waals surface area contributed by atoms with Crippen LogP contribution in [-0.2, 0) is 54.4 Å². The molecule has 9 amide bonds. The molecule has 0 spiro atoms. The number of benzene rings is 1. The van der Waals surface area contributed by atoms with E-state index in [9.17, 15) is 43.5 Å². The number of hydrogen-bond donors (Lipinski definition) is 8. The number of rotatable bonds is 29. The fourth-order valence-corrected chi connectivity index (χ4v) is 5.14. The summed E-state index contributed by atoms with van der Waals surface area (Å²) >= 11 is 0. The molecule has 21 nitrogen and oxygen atoms in total. The standard InChI is InChI=1S/C37H56N8O13/c1-24(2)34(44-31(49)22-57-19-18-56-17-16-55-3)36(53)43-27(6-4-12-41-37(38)54)35(52)42-26-8-7-25(21-46)28(20-26)58-23-30(48)40-14-5-13-39-29(47)11-15-45-32(50)9-10-33(45)51/h7-10,20,24,27,34,46H,4-6,11-19,21-23H2,1-3H3,(H,39,47)(H,40,48)(H,42,52)(H,43,53)(H,44,49)(H3,38,41,54)/t27-,34-/m0/s1. The number of hydrogen-bond acceptors (Lipinski definition) is 13. The molecule has 0 saturated heterocycles. The van der Waals surface area contributed by atoms with Crippen molar-refractivity contribution in [3.63, 3.8) is 0 Å². The summed E-state index contributed by atoms with van der Waals surface area (Å²) in [6.07, 6.45) is 2.93. The van der Waals surface area contributed by atoms with Gasteiger partial charge in [0, 0.05) is 69.2 Å². The molecule has 1 aliphatic heterocycles. The van der Waals surface area contributed by atoms with Crippen LogP contribution in [0.15, 0.2) is 30.4 Å². The number of nitrogens with two attached hydrogens (primary N) is 1. The summed E-state index contributed by atoms with van der Waals surface area (Å²) in [7, 11) is 1.55. The Kier molecular flexibility index (Phi) is 22.6. The third-order valence-electron chi connectivity index (χ3n) is 8.23. The second-order valence-corrected chi connectivity index (χ2v) is 13.2. The number of imide groups is 1. The molecule has 1 heterocycles. The van der Waals surface area contributed by atoms with Crippen LogP contribution in [0.5, 0.6) is 5.75 Å². The number of methoxy groups -OCH3 is 1. The van der Waals surface area contributed by atoms with Gasteiger partial charge in [-0.1, -0.05) is 19.9 Å². The average Bonchev–Trinajstić information content (AvgIpc) is 3.51. The van der Waals surface area contributed by atoms with E-state index in [1.807, 2.05) is 0 Å². The minimum Gasteiger partial charge on any atom is -0.483 e. The molecule has 0 saturated carbocycles. The Morgan fingerprint density at radius 1 is 0.793 bits per heavy atom. The molecule has 58 heavy (non-hydrogen) atoms. The predicted octanol–water partition coefficient (Wildman–Crippen LogP) is -1.81. The third kappa shape index (κ3) is 19.0. The van der Waals surface area contributed by atoms with E-state index in [1.165, 1.54) is 18.2 Å². The zero-order chi connectivity index (χ0) is 42.9. The van der Waals surface area contributed by atoms with Crippen molar-refractivity contribution in [3.05, 3.63) is 35.9 Å². The molecule has 0 aliphatic carbocycles. The van der Waals surface area contributed by atoms with Crippen LogP contribution in [0.3, 0.4) is 0 Å². The van der Waals surface area contributed by atoms with Crippen LogP contribution in [0.1, 0.15) is 45.1 Å².